The summed E-state index contributed by atoms with van der Waals surface area (Å²) in [5.74, 6) is 0.0216. The van der Waals surface area contributed by atoms with Gasteiger partial charge in [-0.25, -0.2) is 24.4 Å². The number of ether oxygens (including phenoxy) is 3. The maximum Gasteiger partial charge on any atom is 0.423 e. The van der Waals surface area contributed by atoms with Crippen LogP contribution in [0.4, 0.5) is 31.7 Å². The van der Waals surface area contributed by atoms with E-state index in [9.17, 15) is 14.4 Å². The predicted octanol–water partition coefficient (Wildman–Crippen LogP) is 4.89. The van der Waals surface area contributed by atoms with Crippen molar-refractivity contribution in [2.45, 2.75) is 26.4 Å². The summed E-state index contributed by atoms with van der Waals surface area (Å²) in [5, 5.41) is 10.6. The summed E-state index contributed by atoms with van der Waals surface area (Å²) in [6, 6.07) is 1.60. The third-order valence-electron chi connectivity index (χ3n) is 4.06. The normalized spacial score (nSPS) is 10.8. The molecule has 2 aromatic rings. The Morgan fingerprint density at radius 3 is 2.06 bits per heavy atom. The smallest absolute Gasteiger partial charge is 0.423 e. The number of aromatic nitrogens is 2. The number of rotatable bonds is 5. The first-order valence-corrected chi connectivity index (χ1v) is 10.3. The molecule has 14 heteroatoms. The van der Waals surface area contributed by atoms with Crippen molar-refractivity contribution >= 4 is 58.7 Å². The van der Waals surface area contributed by atoms with Crippen molar-refractivity contribution in [2.75, 3.05) is 36.4 Å². The number of hydrogen-bond donors (Lipinski definition) is 2. The molecule has 0 unspecified atom stereocenters. The summed E-state index contributed by atoms with van der Waals surface area (Å²) in [6.45, 7) is 4.84. The Hall–Kier alpha value is -3.51. The molecule has 0 saturated heterocycles. The van der Waals surface area contributed by atoms with Crippen molar-refractivity contribution in [1.82, 2.24) is 9.97 Å². The first-order valence-electron chi connectivity index (χ1n) is 9.53. The van der Waals surface area contributed by atoms with Crippen LogP contribution in [0, 0.1) is 0 Å². The van der Waals surface area contributed by atoms with Gasteiger partial charge in [0.2, 0.25) is 0 Å². The average Bonchev–Trinajstić information content (AvgIpc) is 2.74. The third kappa shape index (κ3) is 6.08. The highest BCUT2D eigenvalue weighted by Crippen LogP contribution is 2.46. The van der Waals surface area contributed by atoms with Crippen molar-refractivity contribution < 1.29 is 33.7 Å². The Bertz CT molecular complexity index is 1080. The number of hydrogen-bond acceptors (Lipinski definition) is 8. The quantitative estimate of drug-likeness (QED) is 0.568. The molecule has 0 saturated carbocycles. The number of carbonyl (C=O) groups is 3. The summed E-state index contributed by atoms with van der Waals surface area (Å²) < 4.78 is 15.9. The van der Waals surface area contributed by atoms with Gasteiger partial charge < -0.3 is 19.3 Å². The maximum atomic E-state index is 13.6. The Morgan fingerprint density at radius 2 is 1.59 bits per heavy atom. The van der Waals surface area contributed by atoms with E-state index < -0.39 is 23.8 Å². The Balaban J connectivity index is 2.66. The van der Waals surface area contributed by atoms with Gasteiger partial charge in [0.15, 0.2) is 0 Å². The highest BCUT2D eigenvalue weighted by molar-refractivity contribution is 6.43. The highest BCUT2D eigenvalue weighted by Gasteiger charge is 2.37. The monoisotopic (exact) mass is 515 g/mol. The fraction of sp³-hybridized carbons (Fsp3) is 0.350. The lowest BCUT2D eigenvalue weighted by Crippen LogP contribution is -2.47. The minimum atomic E-state index is -1.36. The molecule has 1 heterocycles. The van der Waals surface area contributed by atoms with Gasteiger partial charge in [-0.3, -0.25) is 10.2 Å². The SMILES string of the molecule is COc1cc(OC)c(Cl)c(N(C(=O)OC(C)(C)C)C(=O)N(C)c2cc(NC(=O)O)ncn2)c1Cl. The van der Waals surface area contributed by atoms with Gasteiger partial charge in [0, 0.05) is 19.2 Å². The van der Waals surface area contributed by atoms with E-state index in [2.05, 4.69) is 9.97 Å². The molecule has 0 radical (unpaired) electrons. The molecular formula is C20H23Cl2N5O7. The summed E-state index contributed by atoms with van der Waals surface area (Å²) >= 11 is 12.9. The fourth-order valence-electron chi connectivity index (χ4n) is 2.60. The maximum absolute atomic E-state index is 13.6. The predicted molar refractivity (Wildman–Crippen MR) is 126 cm³/mol. The lowest BCUT2D eigenvalue weighted by atomic mass is 10.2. The molecule has 4 amide bonds. The number of methoxy groups -OCH3 is 2. The average molecular weight is 516 g/mol. The fourth-order valence-corrected chi connectivity index (χ4v) is 3.27. The number of carboxylic acid groups (broad SMARTS) is 1. The van der Waals surface area contributed by atoms with E-state index in [0.29, 0.717) is 4.90 Å². The number of nitrogens with one attached hydrogen (secondary N) is 1. The molecule has 0 bridgehead atoms. The van der Waals surface area contributed by atoms with Crippen molar-refractivity contribution in [2.24, 2.45) is 0 Å². The largest absolute Gasteiger partial charge is 0.495 e. The molecule has 2 rings (SSSR count). The second-order valence-electron chi connectivity index (χ2n) is 7.61. The minimum absolute atomic E-state index is 0.0422. The zero-order valence-corrected chi connectivity index (χ0v) is 20.7. The van der Waals surface area contributed by atoms with Crippen molar-refractivity contribution in [1.29, 1.82) is 0 Å². The molecule has 1 aromatic carbocycles. The number of nitrogens with zero attached hydrogens (tertiary/aromatic N) is 4. The summed E-state index contributed by atoms with van der Waals surface area (Å²) in [4.78, 5) is 46.9. The van der Waals surface area contributed by atoms with Gasteiger partial charge in [-0.1, -0.05) is 23.2 Å². The van der Waals surface area contributed by atoms with E-state index in [0.717, 1.165) is 11.2 Å². The van der Waals surface area contributed by atoms with Crippen molar-refractivity contribution in [3.8, 4) is 11.5 Å². The molecule has 0 aliphatic rings. The molecule has 0 atom stereocenters. The van der Waals surface area contributed by atoms with Crippen LogP contribution in [-0.2, 0) is 4.74 Å². The van der Waals surface area contributed by atoms with Gasteiger partial charge in [0.05, 0.1) is 14.2 Å². The van der Waals surface area contributed by atoms with E-state index in [1.807, 2.05) is 5.32 Å². The first kappa shape index (κ1) is 26.7. The minimum Gasteiger partial charge on any atom is -0.495 e. The second kappa shape index (κ2) is 10.6. The molecule has 34 heavy (non-hydrogen) atoms. The van der Waals surface area contributed by atoms with Crippen molar-refractivity contribution in [3.63, 3.8) is 0 Å². The van der Waals surface area contributed by atoms with Crippen LogP contribution < -0.4 is 24.6 Å². The van der Waals surface area contributed by atoms with Gasteiger partial charge >= 0.3 is 18.2 Å². The molecule has 2 N–H and O–H groups in total. The number of imide groups is 1. The molecule has 1 aromatic heterocycles. The van der Waals surface area contributed by atoms with Crippen LogP contribution in [0.15, 0.2) is 18.5 Å². The van der Waals surface area contributed by atoms with Gasteiger partial charge in [-0.2, -0.15) is 4.90 Å². The number of halogens is 2. The lowest BCUT2D eigenvalue weighted by molar-refractivity contribution is 0.0594. The van der Waals surface area contributed by atoms with Crippen LogP contribution >= 0.6 is 23.2 Å². The number of benzene rings is 1. The Labute approximate surface area is 205 Å². The standard InChI is InChI=1S/C20H23Cl2N5O7/c1-20(2,3)34-19(31)27(16-14(21)10(32-5)7-11(33-6)15(16)22)18(30)26(4)13-8-12(23-9-24-13)25-17(28)29/h7-9H,1-6H3,(H,28,29)(H,23,24,25). The van der Waals surface area contributed by atoms with Gasteiger partial charge in [-0.15, -0.1) is 0 Å². The molecular weight excluding hydrogens is 493 g/mol. The Kier molecular flexibility index (Phi) is 8.35. The molecule has 0 aliphatic carbocycles. The van der Waals surface area contributed by atoms with Crippen LogP contribution in [-0.4, -0.2) is 60.2 Å². The molecule has 184 valence electrons. The van der Waals surface area contributed by atoms with E-state index in [1.165, 1.54) is 33.4 Å². The first-order chi connectivity index (χ1) is 15.8. The molecule has 0 spiro atoms. The van der Waals surface area contributed by atoms with Gasteiger partial charge in [-0.05, 0) is 20.8 Å². The van der Waals surface area contributed by atoms with Crippen LogP contribution in [0.1, 0.15) is 20.8 Å². The lowest BCUT2D eigenvalue weighted by Gasteiger charge is -2.30. The molecule has 0 fully saturated rings. The van der Waals surface area contributed by atoms with E-state index in [4.69, 9.17) is 42.5 Å². The number of carbonyl (C=O) groups excluding carboxylic acids is 2. The van der Waals surface area contributed by atoms with Gasteiger partial charge in [0.1, 0.15) is 50.8 Å². The summed E-state index contributed by atoms with van der Waals surface area (Å²) in [6.07, 6.45) is -1.42. The summed E-state index contributed by atoms with van der Waals surface area (Å²) in [5.41, 5.74) is -1.23. The van der Waals surface area contributed by atoms with E-state index in [-0.39, 0.29) is 38.9 Å². The second-order valence-corrected chi connectivity index (χ2v) is 8.36. The zero-order chi connectivity index (χ0) is 25.8. The Morgan fingerprint density at radius 1 is 1.03 bits per heavy atom. The van der Waals surface area contributed by atoms with Gasteiger partial charge in [0.25, 0.3) is 0 Å². The van der Waals surface area contributed by atoms with Crippen LogP contribution in [0.5, 0.6) is 11.5 Å². The zero-order valence-electron chi connectivity index (χ0n) is 19.2. The van der Waals surface area contributed by atoms with E-state index >= 15 is 0 Å². The van der Waals surface area contributed by atoms with Crippen molar-refractivity contribution in [3.05, 3.63) is 28.5 Å². The number of amides is 4. The van der Waals surface area contributed by atoms with Crippen LogP contribution in [0.25, 0.3) is 0 Å². The third-order valence-corrected chi connectivity index (χ3v) is 4.79. The van der Waals surface area contributed by atoms with E-state index in [1.54, 1.807) is 20.8 Å². The molecule has 0 aliphatic heterocycles. The van der Waals surface area contributed by atoms with Crippen LogP contribution in [0.2, 0.25) is 10.0 Å². The number of anilines is 3. The molecule has 12 nitrogen and oxygen atoms in total. The topological polar surface area (TPSA) is 143 Å². The number of urea groups is 1. The highest BCUT2D eigenvalue weighted by atomic mass is 35.5. The summed E-state index contributed by atoms with van der Waals surface area (Å²) in [7, 11) is 3.97. The van der Waals surface area contributed by atoms with Crippen LogP contribution in [0.3, 0.4) is 0 Å².